The average molecular weight is 504 g/mol. The van der Waals surface area contributed by atoms with E-state index in [1.165, 1.54) is 23.3 Å². The van der Waals surface area contributed by atoms with E-state index >= 15 is 0 Å². The fourth-order valence-corrected chi connectivity index (χ4v) is 4.98. The van der Waals surface area contributed by atoms with Crippen LogP contribution in [0.25, 0.3) is 0 Å². The highest BCUT2D eigenvalue weighted by molar-refractivity contribution is 7.89. The summed E-state index contributed by atoms with van der Waals surface area (Å²) < 4.78 is 46.5. The van der Waals surface area contributed by atoms with Gasteiger partial charge in [-0.3, -0.25) is 14.9 Å². The highest BCUT2D eigenvalue weighted by Crippen LogP contribution is 2.21. The molecule has 35 heavy (non-hydrogen) atoms. The van der Waals surface area contributed by atoms with Crippen molar-refractivity contribution in [2.45, 2.75) is 31.8 Å². The van der Waals surface area contributed by atoms with Crippen LogP contribution in [0.5, 0.6) is 0 Å². The third kappa shape index (κ3) is 6.96. The van der Waals surface area contributed by atoms with Crippen molar-refractivity contribution >= 4 is 21.6 Å². The number of non-ortho nitro benzene ring substituents is 1. The van der Waals surface area contributed by atoms with Gasteiger partial charge < -0.3 is 9.32 Å². The maximum atomic E-state index is 13.4. The zero-order valence-corrected chi connectivity index (χ0v) is 20.2. The van der Waals surface area contributed by atoms with E-state index in [-0.39, 0.29) is 36.1 Å². The summed E-state index contributed by atoms with van der Waals surface area (Å²) in [5.41, 5.74) is 0.430. The number of rotatable bonds is 11. The van der Waals surface area contributed by atoms with Crippen LogP contribution >= 0.6 is 0 Å². The number of benzene rings is 2. The molecular formula is C24H26FN3O6S. The Morgan fingerprint density at radius 3 is 2.26 bits per heavy atom. The largest absolute Gasteiger partial charge is 0.467 e. The second kappa shape index (κ2) is 11.2. The molecule has 2 aromatic carbocycles. The van der Waals surface area contributed by atoms with Gasteiger partial charge >= 0.3 is 0 Å². The first-order chi connectivity index (χ1) is 16.6. The van der Waals surface area contributed by atoms with Gasteiger partial charge in [-0.15, -0.1) is 0 Å². The summed E-state index contributed by atoms with van der Waals surface area (Å²) in [5.74, 6) is -0.466. The Labute approximate surface area is 203 Å². The number of furan rings is 1. The van der Waals surface area contributed by atoms with E-state index < -0.39 is 33.2 Å². The minimum Gasteiger partial charge on any atom is -0.467 e. The highest BCUT2D eigenvalue weighted by atomic mass is 32.2. The number of sulfonamides is 1. The maximum absolute atomic E-state index is 13.4. The molecule has 3 aromatic rings. The van der Waals surface area contributed by atoms with Crippen molar-refractivity contribution in [3.8, 4) is 0 Å². The summed E-state index contributed by atoms with van der Waals surface area (Å²) in [6.07, 6.45) is 1.47. The van der Waals surface area contributed by atoms with Gasteiger partial charge in [-0.05, 0) is 47.9 Å². The van der Waals surface area contributed by atoms with Crippen molar-refractivity contribution in [1.82, 2.24) is 9.21 Å². The lowest BCUT2D eigenvalue weighted by Crippen LogP contribution is -2.43. The van der Waals surface area contributed by atoms with Crippen LogP contribution in [0.3, 0.4) is 0 Å². The molecule has 0 radical (unpaired) electrons. The van der Waals surface area contributed by atoms with Gasteiger partial charge in [-0.1, -0.05) is 26.0 Å². The monoisotopic (exact) mass is 503 g/mol. The molecule has 1 heterocycles. The van der Waals surface area contributed by atoms with Crippen molar-refractivity contribution in [1.29, 1.82) is 0 Å². The first kappa shape index (κ1) is 26.0. The molecule has 0 saturated heterocycles. The Kier molecular flexibility index (Phi) is 8.36. The van der Waals surface area contributed by atoms with Gasteiger partial charge in [0.05, 0.1) is 29.2 Å². The lowest BCUT2D eigenvalue weighted by molar-refractivity contribution is -0.384. The van der Waals surface area contributed by atoms with Crippen molar-refractivity contribution in [3.63, 3.8) is 0 Å². The average Bonchev–Trinajstić information content (AvgIpc) is 3.32. The van der Waals surface area contributed by atoms with Crippen LogP contribution in [0.4, 0.5) is 10.1 Å². The van der Waals surface area contributed by atoms with Crippen molar-refractivity contribution in [2.75, 3.05) is 13.1 Å². The van der Waals surface area contributed by atoms with Crippen LogP contribution in [0.1, 0.15) is 25.2 Å². The fourth-order valence-electron chi connectivity index (χ4n) is 3.43. The molecule has 0 aliphatic heterocycles. The lowest BCUT2D eigenvalue weighted by Gasteiger charge is -2.28. The van der Waals surface area contributed by atoms with Crippen molar-refractivity contribution in [3.05, 3.63) is 94.2 Å². The third-order valence-electron chi connectivity index (χ3n) is 5.13. The SMILES string of the molecule is CC(C)CN(CC(=O)N(Cc1ccc(F)cc1)Cc1ccco1)S(=O)(=O)c1ccc([N+](=O)[O-])cc1. The first-order valence-electron chi connectivity index (χ1n) is 10.9. The second-order valence-corrected chi connectivity index (χ2v) is 10.3. The molecule has 0 fully saturated rings. The Balaban J connectivity index is 1.87. The van der Waals surface area contributed by atoms with Gasteiger partial charge in [-0.25, -0.2) is 12.8 Å². The van der Waals surface area contributed by atoms with E-state index in [1.54, 1.807) is 24.3 Å². The zero-order valence-electron chi connectivity index (χ0n) is 19.3. The van der Waals surface area contributed by atoms with Gasteiger partial charge in [-0.2, -0.15) is 4.31 Å². The number of carbonyl (C=O) groups is 1. The molecule has 0 spiro atoms. The molecule has 11 heteroatoms. The Morgan fingerprint density at radius 1 is 1.06 bits per heavy atom. The number of carbonyl (C=O) groups excluding carboxylic acids is 1. The van der Waals surface area contributed by atoms with Crippen LogP contribution in [-0.4, -0.2) is 41.5 Å². The number of halogens is 1. The Morgan fingerprint density at radius 2 is 1.71 bits per heavy atom. The minimum absolute atomic E-state index is 0.0657. The number of nitro benzene ring substituents is 1. The molecule has 186 valence electrons. The van der Waals surface area contributed by atoms with E-state index in [9.17, 15) is 27.7 Å². The number of hydrogen-bond donors (Lipinski definition) is 0. The Hall–Kier alpha value is -3.57. The smallest absolute Gasteiger partial charge is 0.269 e. The van der Waals surface area contributed by atoms with E-state index in [0.29, 0.717) is 11.3 Å². The first-order valence-corrected chi connectivity index (χ1v) is 12.3. The normalized spacial score (nSPS) is 11.7. The van der Waals surface area contributed by atoms with Gasteiger partial charge in [0.15, 0.2) is 0 Å². The van der Waals surface area contributed by atoms with Crippen LogP contribution in [0.15, 0.2) is 76.2 Å². The van der Waals surface area contributed by atoms with Crippen LogP contribution < -0.4 is 0 Å². The summed E-state index contributed by atoms with van der Waals surface area (Å²) in [7, 11) is -4.12. The zero-order chi connectivity index (χ0) is 25.6. The summed E-state index contributed by atoms with van der Waals surface area (Å²) in [6.45, 7) is 3.47. The minimum atomic E-state index is -4.12. The molecule has 0 saturated carbocycles. The third-order valence-corrected chi connectivity index (χ3v) is 6.96. The van der Waals surface area contributed by atoms with E-state index in [4.69, 9.17) is 4.42 Å². The molecule has 1 amide bonds. The summed E-state index contributed by atoms with van der Waals surface area (Å²) >= 11 is 0. The maximum Gasteiger partial charge on any atom is 0.269 e. The van der Waals surface area contributed by atoms with Crippen molar-refractivity contribution in [2.24, 2.45) is 5.92 Å². The van der Waals surface area contributed by atoms with Gasteiger partial charge in [0.2, 0.25) is 15.9 Å². The predicted octanol–water partition coefficient (Wildman–Crippen LogP) is 4.20. The Bertz CT molecular complexity index is 1240. The number of nitrogens with zero attached hydrogens (tertiary/aromatic N) is 3. The van der Waals surface area contributed by atoms with Gasteiger partial charge in [0, 0.05) is 25.2 Å². The molecule has 0 bridgehead atoms. The topological polar surface area (TPSA) is 114 Å². The molecule has 0 N–H and O–H groups in total. The molecule has 0 unspecified atom stereocenters. The fraction of sp³-hybridized carbons (Fsp3) is 0.292. The van der Waals surface area contributed by atoms with Crippen molar-refractivity contribution < 1.29 is 26.9 Å². The molecule has 0 aliphatic rings. The van der Waals surface area contributed by atoms with Crippen LogP contribution in [0.2, 0.25) is 0 Å². The summed E-state index contributed by atoms with van der Waals surface area (Å²) in [6, 6.07) is 13.6. The molecule has 0 aliphatic carbocycles. The quantitative estimate of drug-likeness (QED) is 0.286. The van der Waals surface area contributed by atoms with Gasteiger partial charge in [0.25, 0.3) is 5.69 Å². The number of hydrogen-bond acceptors (Lipinski definition) is 6. The molecule has 3 rings (SSSR count). The second-order valence-electron chi connectivity index (χ2n) is 8.40. The lowest BCUT2D eigenvalue weighted by atomic mass is 10.2. The van der Waals surface area contributed by atoms with Crippen LogP contribution in [-0.2, 0) is 27.9 Å². The molecule has 1 aromatic heterocycles. The number of nitro groups is 1. The number of amides is 1. The summed E-state index contributed by atoms with van der Waals surface area (Å²) in [4.78, 5) is 25.0. The molecular weight excluding hydrogens is 477 g/mol. The highest BCUT2D eigenvalue weighted by Gasteiger charge is 2.30. The van der Waals surface area contributed by atoms with Crippen LogP contribution in [0, 0.1) is 21.8 Å². The van der Waals surface area contributed by atoms with Gasteiger partial charge in [0.1, 0.15) is 11.6 Å². The predicted molar refractivity (Wildman–Crippen MR) is 126 cm³/mol. The van der Waals surface area contributed by atoms with E-state index in [0.717, 1.165) is 28.6 Å². The van der Waals surface area contributed by atoms with E-state index in [1.807, 2.05) is 13.8 Å². The standard InChI is InChI=1S/C24H26FN3O6S/c1-18(2)14-27(35(32,33)23-11-9-21(10-12-23)28(30)31)17-24(29)26(16-22-4-3-13-34-22)15-19-5-7-20(25)8-6-19/h3-13,18H,14-17H2,1-2H3. The molecule has 9 nitrogen and oxygen atoms in total. The van der Waals surface area contributed by atoms with E-state index in [2.05, 4.69) is 0 Å². The molecule has 0 atom stereocenters. The summed E-state index contributed by atoms with van der Waals surface area (Å²) in [5, 5.41) is 10.9.